The Morgan fingerprint density at radius 1 is 1.43 bits per heavy atom. The zero-order valence-corrected chi connectivity index (χ0v) is 13.7. The number of aromatic nitrogens is 3. The highest BCUT2D eigenvalue weighted by Gasteiger charge is 2.19. The molecule has 0 aliphatic rings. The van der Waals surface area contributed by atoms with Crippen molar-refractivity contribution in [1.82, 2.24) is 24.8 Å². The number of nitrogens with zero attached hydrogens (tertiary/aromatic N) is 3. The van der Waals surface area contributed by atoms with Crippen LogP contribution < -0.4 is 10.0 Å². The lowest BCUT2D eigenvalue weighted by molar-refractivity contribution is 0.578. The van der Waals surface area contributed by atoms with Gasteiger partial charge in [0.25, 0.3) is 0 Å². The van der Waals surface area contributed by atoms with Gasteiger partial charge >= 0.3 is 0 Å². The standard InChI is InChI=1S/C12H19N5O2S2/c1-3-13-8-10-11(5-7-20-10)21(18,19)15-6-4-12-16-14-9-17(12)2/h5,7,9,13,15H,3-4,6,8H2,1-2H3. The van der Waals surface area contributed by atoms with E-state index < -0.39 is 10.0 Å². The van der Waals surface area contributed by atoms with Crippen molar-refractivity contribution in [2.75, 3.05) is 13.1 Å². The molecule has 21 heavy (non-hydrogen) atoms. The maximum atomic E-state index is 12.3. The predicted molar refractivity (Wildman–Crippen MR) is 81.6 cm³/mol. The summed E-state index contributed by atoms with van der Waals surface area (Å²) in [6.07, 6.45) is 2.10. The Labute approximate surface area is 128 Å². The topological polar surface area (TPSA) is 88.9 Å². The molecular weight excluding hydrogens is 310 g/mol. The van der Waals surface area contributed by atoms with Crippen LogP contribution in [0.15, 0.2) is 22.7 Å². The molecule has 0 aromatic carbocycles. The van der Waals surface area contributed by atoms with E-state index in [2.05, 4.69) is 20.2 Å². The molecule has 0 radical (unpaired) electrons. The van der Waals surface area contributed by atoms with Crippen LogP contribution in [0.2, 0.25) is 0 Å². The molecule has 0 aliphatic heterocycles. The molecule has 0 unspecified atom stereocenters. The van der Waals surface area contributed by atoms with Crippen molar-refractivity contribution in [2.24, 2.45) is 7.05 Å². The number of hydrogen-bond acceptors (Lipinski definition) is 6. The Hall–Kier alpha value is -1.29. The summed E-state index contributed by atoms with van der Waals surface area (Å²) in [7, 11) is -1.65. The molecule has 2 aromatic heterocycles. The van der Waals surface area contributed by atoms with E-state index in [1.54, 1.807) is 22.3 Å². The Kier molecular flexibility index (Phi) is 5.45. The van der Waals surface area contributed by atoms with Gasteiger partial charge in [0.15, 0.2) is 0 Å². The van der Waals surface area contributed by atoms with Gasteiger partial charge in [0, 0.05) is 31.4 Å². The number of rotatable bonds is 8. The minimum absolute atomic E-state index is 0.297. The van der Waals surface area contributed by atoms with Crippen molar-refractivity contribution in [1.29, 1.82) is 0 Å². The zero-order chi connectivity index (χ0) is 15.3. The number of nitrogens with one attached hydrogen (secondary N) is 2. The third-order valence-electron chi connectivity index (χ3n) is 2.98. The molecule has 0 saturated heterocycles. The first-order valence-electron chi connectivity index (χ1n) is 6.64. The Balaban J connectivity index is 1.98. The molecule has 0 amide bonds. The van der Waals surface area contributed by atoms with Crippen molar-refractivity contribution in [3.63, 3.8) is 0 Å². The molecule has 7 nitrogen and oxygen atoms in total. The molecule has 2 heterocycles. The normalized spacial score (nSPS) is 11.9. The lowest BCUT2D eigenvalue weighted by atomic mass is 10.4. The first-order valence-corrected chi connectivity index (χ1v) is 9.00. The van der Waals surface area contributed by atoms with Crippen LogP contribution in [0.3, 0.4) is 0 Å². The van der Waals surface area contributed by atoms with Crippen LogP contribution in [0.1, 0.15) is 17.6 Å². The SMILES string of the molecule is CCNCc1sccc1S(=O)(=O)NCCc1nncn1C. The van der Waals surface area contributed by atoms with Crippen molar-refractivity contribution in [3.05, 3.63) is 28.5 Å². The Bertz CT molecular complexity index is 677. The molecule has 0 aliphatic carbocycles. The zero-order valence-electron chi connectivity index (χ0n) is 12.0. The summed E-state index contributed by atoms with van der Waals surface area (Å²) >= 11 is 1.44. The highest BCUT2D eigenvalue weighted by atomic mass is 32.2. The molecule has 0 atom stereocenters. The van der Waals surface area contributed by atoms with Gasteiger partial charge in [-0.3, -0.25) is 0 Å². The summed E-state index contributed by atoms with van der Waals surface area (Å²) in [5, 5.41) is 12.6. The second kappa shape index (κ2) is 7.12. The second-order valence-corrected chi connectivity index (χ2v) is 7.23. The molecule has 116 valence electrons. The number of hydrogen-bond donors (Lipinski definition) is 2. The fourth-order valence-corrected chi connectivity index (χ4v) is 4.29. The lowest BCUT2D eigenvalue weighted by Gasteiger charge is -2.08. The third-order valence-corrected chi connectivity index (χ3v) is 5.57. The van der Waals surface area contributed by atoms with E-state index in [0.29, 0.717) is 24.4 Å². The smallest absolute Gasteiger partial charge is 0.241 e. The van der Waals surface area contributed by atoms with Gasteiger partial charge in [-0.2, -0.15) is 0 Å². The van der Waals surface area contributed by atoms with Gasteiger partial charge in [-0.25, -0.2) is 13.1 Å². The highest BCUT2D eigenvalue weighted by molar-refractivity contribution is 7.89. The average molecular weight is 329 g/mol. The van der Waals surface area contributed by atoms with E-state index in [1.807, 2.05) is 14.0 Å². The quantitative estimate of drug-likeness (QED) is 0.736. The summed E-state index contributed by atoms with van der Waals surface area (Å²) in [5.74, 6) is 0.746. The first kappa shape index (κ1) is 16.1. The van der Waals surface area contributed by atoms with E-state index in [9.17, 15) is 8.42 Å². The van der Waals surface area contributed by atoms with E-state index >= 15 is 0 Å². The molecule has 0 saturated carbocycles. The summed E-state index contributed by atoms with van der Waals surface area (Å²) < 4.78 is 29.0. The van der Waals surface area contributed by atoms with Gasteiger partial charge in [-0.05, 0) is 18.0 Å². The van der Waals surface area contributed by atoms with Crippen LogP contribution in [0, 0.1) is 0 Å². The monoisotopic (exact) mass is 329 g/mol. The van der Waals surface area contributed by atoms with Crippen molar-refractivity contribution >= 4 is 21.4 Å². The second-order valence-electron chi connectivity index (χ2n) is 4.49. The Morgan fingerprint density at radius 3 is 2.90 bits per heavy atom. The van der Waals surface area contributed by atoms with Crippen LogP contribution >= 0.6 is 11.3 Å². The van der Waals surface area contributed by atoms with E-state index in [0.717, 1.165) is 17.2 Å². The van der Waals surface area contributed by atoms with Gasteiger partial charge in [0.05, 0.1) is 4.90 Å². The molecule has 0 fully saturated rings. The van der Waals surface area contributed by atoms with E-state index in [-0.39, 0.29) is 0 Å². The number of sulfonamides is 1. The third kappa shape index (κ3) is 4.10. The van der Waals surface area contributed by atoms with Crippen molar-refractivity contribution < 1.29 is 8.42 Å². The van der Waals surface area contributed by atoms with Gasteiger partial charge in [-0.1, -0.05) is 6.92 Å². The fourth-order valence-electron chi connectivity index (χ4n) is 1.84. The molecule has 2 aromatic rings. The molecule has 0 spiro atoms. The number of aryl methyl sites for hydroxylation is 1. The fraction of sp³-hybridized carbons (Fsp3) is 0.500. The summed E-state index contributed by atoms with van der Waals surface area (Å²) in [5.41, 5.74) is 0. The van der Waals surface area contributed by atoms with Crippen LogP contribution in [0.4, 0.5) is 0 Å². The summed E-state index contributed by atoms with van der Waals surface area (Å²) in [4.78, 5) is 1.18. The molecule has 9 heteroatoms. The molecular formula is C12H19N5O2S2. The highest BCUT2D eigenvalue weighted by Crippen LogP contribution is 2.21. The summed E-state index contributed by atoms with van der Waals surface area (Å²) in [6.45, 7) is 3.65. The largest absolute Gasteiger partial charge is 0.321 e. The van der Waals surface area contributed by atoms with Gasteiger partial charge in [0.2, 0.25) is 10.0 Å². The molecule has 2 rings (SSSR count). The first-order chi connectivity index (χ1) is 10.0. The maximum absolute atomic E-state index is 12.3. The Morgan fingerprint density at radius 2 is 2.24 bits per heavy atom. The molecule has 2 N–H and O–H groups in total. The van der Waals surface area contributed by atoms with Gasteiger partial charge in [-0.15, -0.1) is 21.5 Å². The van der Waals surface area contributed by atoms with Crippen LogP contribution in [0.25, 0.3) is 0 Å². The van der Waals surface area contributed by atoms with Crippen molar-refractivity contribution in [2.45, 2.75) is 24.8 Å². The van der Waals surface area contributed by atoms with Crippen molar-refractivity contribution in [3.8, 4) is 0 Å². The van der Waals surface area contributed by atoms with Crippen LogP contribution in [-0.2, 0) is 30.0 Å². The van der Waals surface area contributed by atoms with Crippen LogP contribution in [-0.4, -0.2) is 36.3 Å². The van der Waals surface area contributed by atoms with Gasteiger partial charge in [0.1, 0.15) is 12.2 Å². The average Bonchev–Trinajstić information content (AvgIpc) is 3.06. The summed E-state index contributed by atoms with van der Waals surface area (Å²) in [6, 6.07) is 1.64. The molecule has 0 bridgehead atoms. The van der Waals surface area contributed by atoms with E-state index in [4.69, 9.17) is 0 Å². The minimum atomic E-state index is -3.48. The van der Waals surface area contributed by atoms with Gasteiger partial charge < -0.3 is 9.88 Å². The minimum Gasteiger partial charge on any atom is -0.321 e. The van der Waals surface area contributed by atoms with E-state index in [1.165, 1.54) is 11.3 Å². The predicted octanol–water partition coefficient (Wildman–Crippen LogP) is 0.507. The maximum Gasteiger partial charge on any atom is 0.241 e. The lowest BCUT2D eigenvalue weighted by Crippen LogP contribution is -2.27. The van der Waals surface area contributed by atoms with Crippen LogP contribution in [0.5, 0.6) is 0 Å². The number of thiophene rings is 1.